The van der Waals surface area contributed by atoms with Gasteiger partial charge in [-0.15, -0.1) is 11.8 Å². The second kappa shape index (κ2) is 10.0. The highest BCUT2D eigenvalue weighted by Crippen LogP contribution is 2.30. The van der Waals surface area contributed by atoms with Crippen LogP contribution in [0.5, 0.6) is 5.75 Å². The lowest BCUT2D eigenvalue weighted by Crippen LogP contribution is -2.44. The summed E-state index contributed by atoms with van der Waals surface area (Å²) in [6.07, 6.45) is 3.53. The van der Waals surface area contributed by atoms with Gasteiger partial charge in [0.2, 0.25) is 5.91 Å². The molecule has 144 valence electrons. The number of rotatable bonds is 8. The largest absolute Gasteiger partial charge is 0.494 e. The van der Waals surface area contributed by atoms with E-state index in [1.165, 1.54) is 12.8 Å². The van der Waals surface area contributed by atoms with Crippen LogP contribution in [0.4, 0.5) is 0 Å². The maximum Gasteiger partial charge on any atom is 0.230 e. The number of hydrogen-bond donors (Lipinski definition) is 1. The Kier molecular flexibility index (Phi) is 8.01. The molecule has 1 aliphatic carbocycles. The number of ketones is 1. The molecule has 1 aromatic carbocycles. The predicted molar refractivity (Wildman–Crippen MR) is 108 cm³/mol. The first kappa shape index (κ1) is 20.8. The minimum atomic E-state index is 0.0393. The summed E-state index contributed by atoms with van der Waals surface area (Å²) >= 11 is 1.56. The molecule has 1 saturated carbocycles. The zero-order valence-corrected chi connectivity index (χ0v) is 17.2. The van der Waals surface area contributed by atoms with E-state index in [4.69, 9.17) is 4.74 Å². The Balaban J connectivity index is 1.89. The second-order valence-electron chi connectivity index (χ2n) is 7.25. The molecule has 0 saturated heterocycles. The molecule has 0 spiro atoms. The maximum absolute atomic E-state index is 12.3. The highest BCUT2D eigenvalue weighted by atomic mass is 32.2. The Morgan fingerprint density at radius 1 is 1.27 bits per heavy atom. The van der Waals surface area contributed by atoms with E-state index in [0.29, 0.717) is 41.6 Å². The predicted octanol–water partition coefficient (Wildman–Crippen LogP) is 4.46. The Labute approximate surface area is 161 Å². The van der Waals surface area contributed by atoms with Crippen LogP contribution in [0.25, 0.3) is 0 Å². The number of benzene rings is 1. The van der Waals surface area contributed by atoms with Crippen LogP contribution in [0.2, 0.25) is 0 Å². The van der Waals surface area contributed by atoms with Gasteiger partial charge in [-0.2, -0.15) is 0 Å². The molecule has 1 aromatic rings. The van der Waals surface area contributed by atoms with Crippen LogP contribution >= 0.6 is 11.8 Å². The molecule has 2 rings (SSSR count). The van der Waals surface area contributed by atoms with E-state index in [1.807, 2.05) is 19.1 Å². The van der Waals surface area contributed by atoms with Crippen molar-refractivity contribution < 1.29 is 14.3 Å². The standard InChI is InChI=1S/C21H31NO3S/c1-5-25-20-10-9-17(16(4)23)11-18(20)12-26-13-21(24)22-19-8-6-7-14(2)15(19)3/h9-11,14-15,19H,5-8,12-13H2,1-4H3,(H,22,24)/t14-,15-,19-/m0/s1. The van der Waals surface area contributed by atoms with Gasteiger partial charge < -0.3 is 10.1 Å². The van der Waals surface area contributed by atoms with Crippen molar-refractivity contribution in [3.05, 3.63) is 29.3 Å². The Morgan fingerprint density at radius 2 is 2.04 bits per heavy atom. The molecule has 0 aromatic heterocycles. The topological polar surface area (TPSA) is 55.4 Å². The average molecular weight is 378 g/mol. The van der Waals surface area contributed by atoms with Crippen molar-refractivity contribution >= 4 is 23.5 Å². The zero-order valence-electron chi connectivity index (χ0n) is 16.3. The third-order valence-electron chi connectivity index (χ3n) is 5.31. The van der Waals surface area contributed by atoms with E-state index in [-0.39, 0.29) is 11.7 Å². The lowest BCUT2D eigenvalue weighted by Gasteiger charge is -2.34. The summed E-state index contributed by atoms with van der Waals surface area (Å²) in [5.74, 6) is 3.21. The molecule has 0 bridgehead atoms. The first-order chi connectivity index (χ1) is 12.4. The summed E-state index contributed by atoms with van der Waals surface area (Å²) in [5, 5.41) is 3.21. The van der Waals surface area contributed by atoms with E-state index < -0.39 is 0 Å². The van der Waals surface area contributed by atoms with Crippen molar-refractivity contribution in [2.24, 2.45) is 11.8 Å². The zero-order chi connectivity index (χ0) is 19.1. The fraction of sp³-hybridized carbons (Fsp3) is 0.619. The molecule has 0 heterocycles. The van der Waals surface area contributed by atoms with Crippen LogP contribution in [-0.2, 0) is 10.5 Å². The second-order valence-corrected chi connectivity index (χ2v) is 8.23. The molecule has 1 amide bonds. The molecular weight excluding hydrogens is 346 g/mol. The van der Waals surface area contributed by atoms with Crippen LogP contribution in [0.1, 0.15) is 62.9 Å². The van der Waals surface area contributed by atoms with Gasteiger partial charge in [0, 0.05) is 22.9 Å². The van der Waals surface area contributed by atoms with Crippen LogP contribution in [0.15, 0.2) is 18.2 Å². The van der Waals surface area contributed by atoms with E-state index in [2.05, 4.69) is 19.2 Å². The van der Waals surface area contributed by atoms with Gasteiger partial charge in [0.25, 0.3) is 0 Å². The molecule has 3 atom stereocenters. The van der Waals surface area contributed by atoms with Gasteiger partial charge in [0.05, 0.1) is 12.4 Å². The van der Waals surface area contributed by atoms with Gasteiger partial charge in [0.15, 0.2) is 5.78 Å². The van der Waals surface area contributed by atoms with Gasteiger partial charge in [-0.3, -0.25) is 9.59 Å². The average Bonchev–Trinajstić information content (AvgIpc) is 2.60. The molecule has 0 radical (unpaired) electrons. The number of thioether (sulfide) groups is 1. The summed E-state index contributed by atoms with van der Waals surface area (Å²) in [7, 11) is 0. The Morgan fingerprint density at radius 3 is 2.73 bits per heavy atom. The third-order valence-corrected chi connectivity index (χ3v) is 6.29. The third kappa shape index (κ3) is 5.76. The normalized spacial score (nSPS) is 22.7. The number of carbonyl (C=O) groups is 2. The minimum Gasteiger partial charge on any atom is -0.494 e. The Hall–Kier alpha value is -1.49. The van der Waals surface area contributed by atoms with Gasteiger partial charge in [0.1, 0.15) is 5.75 Å². The van der Waals surface area contributed by atoms with Gasteiger partial charge in [-0.25, -0.2) is 0 Å². The van der Waals surface area contributed by atoms with E-state index in [9.17, 15) is 9.59 Å². The number of amides is 1. The monoisotopic (exact) mass is 377 g/mol. The molecule has 4 nitrogen and oxygen atoms in total. The van der Waals surface area contributed by atoms with E-state index >= 15 is 0 Å². The first-order valence-electron chi connectivity index (χ1n) is 9.56. The van der Waals surface area contributed by atoms with E-state index in [0.717, 1.165) is 17.7 Å². The van der Waals surface area contributed by atoms with Crippen molar-refractivity contribution in [3.63, 3.8) is 0 Å². The number of hydrogen-bond acceptors (Lipinski definition) is 4. The number of ether oxygens (including phenoxy) is 1. The molecule has 5 heteroatoms. The van der Waals surface area contributed by atoms with Gasteiger partial charge in [-0.05, 0) is 50.3 Å². The smallest absolute Gasteiger partial charge is 0.230 e. The summed E-state index contributed by atoms with van der Waals surface area (Å²) < 4.78 is 5.65. The van der Waals surface area contributed by atoms with Crippen molar-refractivity contribution in [2.45, 2.75) is 58.8 Å². The maximum atomic E-state index is 12.3. The fourth-order valence-electron chi connectivity index (χ4n) is 3.50. The van der Waals surface area contributed by atoms with Gasteiger partial charge in [-0.1, -0.05) is 26.7 Å². The lowest BCUT2D eigenvalue weighted by molar-refractivity contribution is -0.120. The van der Waals surface area contributed by atoms with Crippen LogP contribution in [0.3, 0.4) is 0 Å². The fourth-order valence-corrected chi connectivity index (χ4v) is 4.31. The molecule has 0 aliphatic heterocycles. The van der Waals surface area contributed by atoms with Crippen molar-refractivity contribution in [1.82, 2.24) is 5.32 Å². The summed E-state index contributed by atoms with van der Waals surface area (Å²) in [4.78, 5) is 23.9. The summed E-state index contributed by atoms with van der Waals surface area (Å²) in [5.41, 5.74) is 1.65. The molecule has 26 heavy (non-hydrogen) atoms. The Bertz CT molecular complexity index is 632. The summed E-state index contributed by atoms with van der Waals surface area (Å²) in [6, 6.07) is 5.82. The lowest BCUT2D eigenvalue weighted by atomic mass is 9.78. The van der Waals surface area contributed by atoms with Crippen molar-refractivity contribution in [3.8, 4) is 5.75 Å². The number of nitrogens with one attached hydrogen (secondary N) is 1. The first-order valence-corrected chi connectivity index (χ1v) is 10.7. The van der Waals surface area contributed by atoms with Crippen LogP contribution in [0, 0.1) is 11.8 Å². The SMILES string of the molecule is CCOc1ccc(C(C)=O)cc1CSCC(=O)N[C@H]1CCC[C@H](C)[C@@H]1C. The van der Waals surface area contributed by atoms with Crippen molar-refractivity contribution in [2.75, 3.05) is 12.4 Å². The summed E-state index contributed by atoms with van der Waals surface area (Å²) in [6.45, 7) is 8.59. The van der Waals surface area contributed by atoms with Crippen LogP contribution < -0.4 is 10.1 Å². The quantitative estimate of drug-likeness (QED) is 0.680. The number of Topliss-reactive ketones (excluding diaryl/α,β-unsaturated/α-hetero) is 1. The highest BCUT2D eigenvalue weighted by molar-refractivity contribution is 7.99. The van der Waals surface area contributed by atoms with Gasteiger partial charge >= 0.3 is 0 Å². The molecule has 0 unspecified atom stereocenters. The molecular formula is C21H31NO3S. The molecule has 1 N–H and O–H groups in total. The van der Waals surface area contributed by atoms with E-state index in [1.54, 1.807) is 24.8 Å². The minimum absolute atomic E-state index is 0.0393. The highest BCUT2D eigenvalue weighted by Gasteiger charge is 2.27. The van der Waals surface area contributed by atoms with Crippen molar-refractivity contribution in [1.29, 1.82) is 0 Å². The van der Waals surface area contributed by atoms with Crippen LogP contribution in [-0.4, -0.2) is 30.1 Å². The molecule has 1 aliphatic rings. The molecule has 1 fully saturated rings. The number of carbonyl (C=O) groups excluding carboxylic acids is 2.